The topological polar surface area (TPSA) is 50.2 Å². The van der Waals surface area contributed by atoms with Gasteiger partial charge in [0.2, 0.25) is 5.91 Å². The van der Waals surface area contributed by atoms with Gasteiger partial charge in [0.05, 0.1) is 11.4 Å². The number of amides is 1. The SMILES string of the molecule is Cc1nn(-c2ccccc2)c(Cl)c1CN1CCC(NC(=O)C2CC2)CC1. The van der Waals surface area contributed by atoms with Crippen molar-refractivity contribution in [2.45, 2.75) is 45.2 Å². The Morgan fingerprint density at radius 1 is 1.19 bits per heavy atom. The van der Waals surface area contributed by atoms with Gasteiger partial charge in [-0.05, 0) is 44.7 Å². The molecule has 1 saturated carbocycles. The van der Waals surface area contributed by atoms with Gasteiger partial charge in [-0.3, -0.25) is 9.69 Å². The molecule has 2 fully saturated rings. The number of aryl methyl sites for hydroxylation is 1. The first-order valence-corrected chi connectivity index (χ1v) is 9.82. The van der Waals surface area contributed by atoms with Gasteiger partial charge < -0.3 is 5.32 Å². The van der Waals surface area contributed by atoms with Crippen molar-refractivity contribution in [1.82, 2.24) is 20.0 Å². The summed E-state index contributed by atoms with van der Waals surface area (Å²) in [7, 11) is 0. The molecule has 138 valence electrons. The minimum atomic E-state index is 0.256. The standard InChI is InChI=1S/C20H25ClN4O/c1-14-18(19(21)25(23-14)17-5-3-2-4-6-17)13-24-11-9-16(10-12-24)22-20(26)15-7-8-15/h2-6,15-16H,7-13H2,1H3,(H,22,26). The fourth-order valence-corrected chi connectivity index (χ4v) is 3.91. The maximum Gasteiger partial charge on any atom is 0.223 e. The van der Waals surface area contributed by atoms with Crippen LogP contribution in [0.25, 0.3) is 5.69 Å². The van der Waals surface area contributed by atoms with Crippen molar-refractivity contribution in [3.63, 3.8) is 0 Å². The minimum absolute atomic E-state index is 0.256. The Labute approximate surface area is 159 Å². The largest absolute Gasteiger partial charge is 0.353 e. The van der Waals surface area contributed by atoms with Crippen molar-refractivity contribution in [3.05, 3.63) is 46.7 Å². The first-order valence-electron chi connectivity index (χ1n) is 9.44. The van der Waals surface area contributed by atoms with Crippen LogP contribution in [0.4, 0.5) is 0 Å². The number of nitrogens with one attached hydrogen (secondary N) is 1. The number of aromatic nitrogens is 2. The summed E-state index contributed by atoms with van der Waals surface area (Å²) in [6.07, 6.45) is 4.13. The lowest BCUT2D eigenvalue weighted by molar-refractivity contribution is -0.123. The van der Waals surface area contributed by atoms with Crippen molar-refractivity contribution in [1.29, 1.82) is 0 Å². The van der Waals surface area contributed by atoms with E-state index in [0.29, 0.717) is 17.1 Å². The van der Waals surface area contributed by atoms with E-state index in [1.165, 1.54) is 0 Å². The van der Waals surface area contributed by atoms with E-state index in [1.807, 2.05) is 41.9 Å². The molecule has 1 aliphatic heterocycles. The number of carbonyl (C=O) groups is 1. The molecule has 1 aromatic carbocycles. The van der Waals surface area contributed by atoms with E-state index in [1.54, 1.807) is 0 Å². The van der Waals surface area contributed by atoms with Crippen LogP contribution < -0.4 is 5.32 Å². The van der Waals surface area contributed by atoms with Crippen molar-refractivity contribution < 1.29 is 4.79 Å². The van der Waals surface area contributed by atoms with E-state index >= 15 is 0 Å². The van der Waals surface area contributed by atoms with E-state index in [4.69, 9.17) is 11.6 Å². The molecule has 1 amide bonds. The van der Waals surface area contributed by atoms with Gasteiger partial charge in [0.15, 0.2) is 0 Å². The average Bonchev–Trinajstić information content (AvgIpc) is 3.47. The van der Waals surface area contributed by atoms with E-state index in [2.05, 4.69) is 15.3 Å². The summed E-state index contributed by atoms with van der Waals surface area (Å²) < 4.78 is 1.81. The van der Waals surface area contributed by atoms with Crippen LogP contribution in [0.3, 0.4) is 0 Å². The Balaban J connectivity index is 1.38. The quantitative estimate of drug-likeness (QED) is 0.875. The second-order valence-corrected chi connectivity index (χ2v) is 7.79. The Morgan fingerprint density at radius 2 is 1.88 bits per heavy atom. The third-order valence-corrected chi connectivity index (χ3v) is 5.77. The zero-order valence-corrected chi connectivity index (χ0v) is 15.9. The normalized spacial score (nSPS) is 18.8. The lowest BCUT2D eigenvalue weighted by atomic mass is 10.0. The zero-order valence-electron chi connectivity index (χ0n) is 15.1. The van der Waals surface area contributed by atoms with Gasteiger partial charge in [0, 0.05) is 37.2 Å². The molecule has 1 saturated heterocycles. The van der Waals surface area contributed by atoms with Gasteiger partial charge in [-0.15, -0.1) is 0 Å². The highest BCUT2D eigenvalue weighted by molar-refractivity contribution is 6.30. The number of halogens is 1. The summed E-state index contributed by atoms with van der Waals surface area (Å²) in [5.74, 6) is 0.546. The molecule has 0 unspecified atom stereocenters. The average molecular weight is 373 g/mol. The molecular formula is C20H25ClN4O. The second kappa shape index (κ2) is 7.41. The van der Waals surface area contributed by atoms with Crippen molar-refractivity contribution in [2.24, 2.45) is 5.92 Å². The van der Waals surface area contributed by atoms with Crippen LogP contribution in [0.2, 0.25) is 5.15 Å². The predicted molar refractivity (Wildman–Crippen MR) is 102 cm³/mol. The Hall–Kier alpha value is -1.85. The summed E-state index contributed by atoms with van der Waals surface area (Å²) >= 11 is 6.64. The van der Waals surface area contributed by atoms with Gasteiger partial charge in [-0.2, -0.15) is 5.10 Å². The summed E-state index contributed by atoms with van der Waals surface area (Å²) in [6, 6.07) is 10.3. The lowest BCUT2D eigenvalue weighted by Gasteiger charge is -2.32. The number of nitrogens with zero attached hydrogens (tertiary/aromatic N) is 3. The third kappa shape index (κ3) is 3.79. The monoisotopic (exact) mass is 372 g/mol. The van der Waals surface area contributed by atoms with E-state index in [-0.39, 0.29) is 5.91 Å². The summed E-state index contributed by atoms with van der Waals surface area (Å²) in [4.78, 5) is 14.3. The number of piperidine rings is 1. The maximum atomic E-state index is 11.9. The van der Waals surface area contributed by atoms with Gasteiger partial charge in [0.1, 0.15) is 5.15 Å². The Bertz CT molecular complexity index is 777. The van der Waals surface area contributed by atoms with Crippen LogP contribution in [-0.2, 0) is 11.3 Å². The molecule has 2 heterocycles. The van der Waals surface area contributed by atoms with Crippen LogP contribution in [0.15, 0.2) is 30.3 Å². The molecule has 1 aliphatic carbocycles. The smallest absolute Gasteiger partial charge is 0.223 e. The maximum absolute atomic E-state index is 11.9. The van der Waals surface area contributed by atoms with Gasteiger partial charge in [-0.1, -0.05) is 29.8 Å². The molecule has 2 aromatic rings. The molecule has 1 aromatic heterocycles. The molecule has 2 aliphatic rings. The zero-order chi connectivity index (χ0) is 18.1. The molecule has 6 heteroatoms. The molecule has 1 N–H and O–H groups in total. The van der Waals surface area contributed by atoms with E-state index < -0.39 is 0 Å². The molecular weight excluding hydrogens is 348 g/mol. The fraction of sp³-hybridized carbons (Fsp3) is 0.500. The molecule has 0 spiro atoms. The van der Waals surface area contributed by atoms with Crippen LogP contribution in [-0.4, -0.2) is 39.7 Å². The number of carbonyl (C=O) groups excluding carboxylic acids is 1. The molecule has 26 heavy (non-hydrogen) atoms. The Morgan fingerprint density at radius 3 is 2.54 bits per heavy atom. The van der Waals surface area contributed by atoms with Crippen LogP contribution in [0.1, 0.15) is 36.9 Å². The first kappa shape index (κ1) is 17.6. The molecule has 0 atom stereocenters. The molecule has 5 nitrogen and oxygen atoms in total. The number of benzene rings is 1. The number of rotatable bonds is 5. The second-order valence-electron chi connectivity index (χ2n) is 7.44. The van der Waals surface area contributed by atoms with E-state index in [0.717, 1.165) is 62.3 Å². The highest BCUT2D eigenvalue weighted by Gasteiger charge is 2.32. The van der Waals surface area contributed by atoms with Gasteiger partial charge >= 0.3 is 0 Å². The highest BCUT2D eigenvalue weighted by Crippen LogP contribution is 2.30. The summed E-state index contributed by atoms with van der Waals surface area (Å²) in [5.41, 5.74) is 3.05. The number of para-hydroxylation sites is 1. The van der Waals surface area contributed by atoms with Gasteiger partial charge in [-0.25, -0.2) is 4.68 Å². The predicted octanol–water partition coefficient (Wildman–Crippen LogP) is 3.32. The molecule has 0 bridgehead atoms. The third-order valence-electron chi connectivity index (χ3n) is 5.39. The highest BCUT2D eigenvalue weighted by atomic mass is 35.5. The van der Waals surface area contributed by atoms with Crippen LogP contribution in [0, 0.1) is 12.8 Å². The minimum Gasteiger partial charge on any atom is -0.353 e. The Kier molecular flexibility index (Phi) is 5.00. The van der Waals surface area contributed by atoms with Crippen molar-refractivity contribution >= 4 is 17.5 Å². The number of likely N-dealkylation sites (tertiary alicyclic amines) is 1. The van der Waals surface area contributed by atoms with Crippen molar-refractivity contribution in [2.75, 3.05) is 13.1 Å². The van der Waals surface area contributed by atoms with Gasteiger partial charge in [0.25, 0.3) is 0 Å². The number of hydrogen-bond acceptors (Lipinski definition) is 3. The lowest BCUT2D eigenvalue weighted by Crippen LogP contribution is -2.44. The molecule has 4 rings (SSSR count). The fourth-order valence-electron chi connectivity index (χ4n) is 3.57. The van der Waals surface area contributed by atoms with Crippen molar-refractivity contribution in [3.8, 4) is 5.69 Å². The summed E-state index contributed by atoms with van der Waals surface area (Å²) in [5, 5.41) is 8.53. The van der Waals surface area contributed by atoms with Crippen LogP contribution in [0.5, 0.6) is 0 Å². The summed E-state index contributed by atoms with van der Waals surface area (Å²) in [6.45, 7) is 4.77. The number of hydrogen-bond donors (Lipinski definition) is 1. The van der Waals surface area contributed by atoms with E-state index in [9.17, 15) is 4.79 Å². The first-order chi connectivity index (χ1) is 12.6. The molecule has 0 radical (unpaired) electrons. The van der Waals surface area contributed by atoms with Crippen LogP contribution >= 0.6 is 11.6 Å².